The molecule has 1 aromatic rings. The van der Waals surface area contributed by atoms with Gasteiger partial charge in [0.1, 0.15) is 0 Å². The number of nitrogens with zero attached hydrogens (tertiary/aromatic N) is 2. The molecule has 0 spiro atoms. The summed E-state index contributed by atoms with van der Waals surface area (Å²) >= 11 is 0. The second-order valence-electron chi connectivity index (χ2n) is 5.97. The first-order chi connectivity index (χ1) is 8.77. The smallest absolute Gasteiger partial charge is 0.398 e. The highest BCUT2D eigenvalue weighted by molar-refractivity contribution is 6.61. The molecule has 100 valence electrons. The minimum absolute atomic E-state index is 0.364. The van der Waals surface area contributed by atoms with Crippen LogP contribution in [0, 0.1) is 18.3 Å². The van der Waals surface area contributed by atoms with E-state index in [1.165, 1.54) is 0 Å². The van der Waals surface area contributed by atoms with Crippen LogP contribution in [0.1, 0.15) is 38.8 Å². The van der Waals surface area contributed by atoms with E-state index in [-0.39, 0.29) is 11.2 Å². The molecule has 19 heavy (non-hydrogen) atoms. The summed E-state index contributed by atoms with van der Waals surface area (Å²) in [7, 11) is -0.443. The van der Waals surface area contributed by atoms with E-state index in [2.05, 4.69) is 11.1 Å². The summed E-state index contributed by atoms with van der Waals surface area (Å²) in [6, 6.07) is 4.09. The number of rotatable bonds is 2. The summed E-state index contributed by atoms with van der Waals surface area (Å²) in [6.07, 6.45) is 2.09. The van der Waals surface area contributed by atoms with Crippen molar-refractivity contribution >= 4 is 12.7 Å². The number of hydrogen-bond donors (Lipinski definition) is 0. The maximum Gasteiger partial charge on any atom is 0.514 e. The van der Waals surface area contributed by atoms with Crippen molar-refractivity contribution in [3.05, 3.63) is 23.4 Å². The van der Waals surface area contributed by atoms with Crippen molar-refractivity contribution in [1.29, 1.82) is 5.26 Å². The van der Waals surface area contributed by atoms with E-state index >= 15 is 0 Å². The molecule has 1 fully saturated rings. The molecule has 0 bridgehead atoms. The van der Waals surface area contributed by atoms with Crippen molar-refractivity contribution in [3.63, 3.8) is 0 Å². The van der Waals surface area contributed by atoms with Crippen LogP contribution in [0.15, 0.2) is 12.3 Å². The fourth-order valence-corrected chi connectivity index (χ4v) is 2.03. The Labute approximate surface area is 114 Å². The van der Waals surface area contributed by atoms with Crippen LogP contribution >= 0.6 is 0 Å². The molecular formula is C14H19BN2O2. The molecule has 1 aliphatic heterocycles. The van der Waals surface area contributed by atoms with Crippen molar-refractivity contribution in [1.82, 2.24) is 4.98 Å². The zero-order valence-corrected chi connectivity index (χ0v) is 12.2. The molecular weight excluding hydrogens is 239 g/mol. The standard InChI is InChI=1S/C14H19BN2O2/c1-10-8-11(6-7-16)9-17-12(10)15-18-13(2,3)14(4,5)19-15/h8-9H,6H2,1-5H3. The SMILES string of the molecule is Cc1cc(CC#N)cnc1B1OC(C)(C)C(C)(C)O1. The molecule has 2 rings (SSSR count). The highest BCUT2D eigenvalue weighted by Gasteiger charge is 2.52. The predicted molar refractivity (Wildman–Crippen MR) is 74.0 cm³/mol. The summed E-state index contributed by atoms with van der Waals surface area (Å²) in [4.78, 5) is 4.41. The molecule has 0 unspecified atom stereocenters. The number of aromatic nitrogens is 1. The van der Waals surface area contributed by atoms with Crippen molar-refractivity contribution in [2.75, 3.05) is 0 Å². The monoisotopic (exact) mass is 258 g/mol. The van der Waals surface area contributed by atoms with Gasteiger partial charge in [0.05, 0.1) is 29.3 Å². The van der Waals surface area contributed by atoms with E-state index in [1.807, 2.05) is 40.7 Å². The summed E-state index contributed by atoms with van der Waals surface area (Å²) < 4.78 is 12.0. The van der Waals surface area contributed by atoms with Crippen molar-refractivity contribution < 1.29 is 9.31 Å². The Balaban J connectivity index is 2.28. The van der Waals surface area contributed by atoms with Gasteiger partial charge in [-0.15, -0.1) is 0 Å². The van der Waals surface area contributed by atoms with Crippen LogP contribution in [0.4, 0.5) is 0 Å². The molecule has 0 radical (unpaired) electrons. The molecule has 0 atom stereocenters. The van der Waals surface area contributed by atoms with Gasteiger partial charge in [-0.25, -0.2) is 0 Å². The Morgan fingerprint density at radius 1 is 1.26 bits per heavy atom. The lowest BCUT2D eigenvalue weighted by molar-refractivity contribution is 0.00578. The lowest BCUT2D eigenvalue weighted by atomic mass is 9.81. The molecule has 1 aliphatic rings. The Bertz CT molecular complexity index is 519. The normalized spacial score (nSPS) is 20.3. The number of nitriles is 1. The average molecular weight is 258 g/mol. The maximum absolute atomic E-state index is 8.70. The first-order valence-electron chi connectivity index (χ1n) is 6.45. The van der Waals surface area contributed by atoms with Gasteiger partial charge in [-0.2, -0.15) is 5.26 Å². The van der Waals surface area contributed by atoms with Crippen LogP contribution in [-0.2, 0) is 15.7 Å². The quantitative estimate of drug-likeness (QED) is 0.758. The Morgan fingerprint density at radius 2 is 1.84 bits per heavy atom. The van der Waals surface area contributed by atoms with Gasteiger partial charge in [0.25, 0.3) is 0 Å². The molecule has 1 saturated heterocycles. The van der Waals surface area contributed by atoms with Crippen LogP contribution < -0.4 is 5.59 Å². The fourth-order valence-electron chi connectivity index (χ4n) is 2.03. The van der Waals surface area contributed by atoms with Crippen LogP contribution in [0.25, 0.3) is 0 Å². The lowest BCUT2D eigenvalue weighted by Gasteiger charge is -2.32. The van der Waals surface area contributed by atoms with Gasteiger partial charge in [-0.1, -0.05) is 6.07 Å². The summed E-state index contributed by atoms with van der Waals surface area (Å²) in [5, 5.41) is 8.70. The van der Waals surface area contributed by atoms with Crippen LogP contribution in [-0.4, -0.2) is 23.3 Å². The zero-order chi connectivity index (χ0) is 14.3. The van der Waals surface area contributed by atoms with Gasteiger partial charge in [-0.05, 0) is 45.7 Å². The van der Waals surface area contributed by atoms with Crippen LogP contribution in [0.3, 0.4) is 0 Å². The van der Waals surface area contributed by atoms with Crippen LogP contribution in [0.2, 0.25) is 0 Å². The minimum Gasteiger partial charge on any atom is -0.398 e. The highest BCUT2D eigenvalue weighted by atomic mass is 16.7. The van der Waals surface area contributed by atoms with Gasteiger partial charge in [0.15, 0.2) is 0 Å². The van der Waals surface area contributed by atoms with E-state index < -0.39 is 7.12 Å². The van der Waals surface area contributed by atoms with Crippen molar-refractivity contribution in [2.45, 2.75) is 52.2 Å². The Kier molecular flexibility index (Phi) is 3.42. The molecule has 0 amide bonds. The van der Waals surface area contributed by atoms with Crippen LogP contribution in [0.5, 0.6) is 0 Å². The van der Waals surface area contributed by atoms with Gasteiger partial charge < -0.3 is 9.31 Å². The van der Waals surface area contributed by atoms with Gasteiger partial charge in [0, 0.05) is 6.20 Å². The third kappa shape index (κ3) is 2.51. The first kappa shape index (κ1) is 14.0. The number of pyridine rings is 1. The average Bonchev–Trinajstić information content (AvgIpc) is 2.48. The largest absolute Gasteiger partial charge is 0.514 e. The molecule has 2 heterocycles. The Hall–Kier alpha value is -1.38. The molecule has 5 heteroatoms. The maximum atomic E-state index is 8.70. The third-order valence-electron chi connectivity index (χ3n) is 3.94. The predicted octanol–water partition coefficient (Wildman–Crippen LogP) is 1.76. The topological polar surface area (TPSA) is 55.1 Å². The Morgan fingerprint density at radius 3 is 2.32 bits per heavy atom. The minimum atomic E-state index is -0.443. The number of aryl methyl sites for hydroxylation is 1. The molecule has 0 saturated carbocycles. The highest BCUT2D eigenvalue weighted by Crippen LogP contribution is 2.36. The van der Waals surface area contributed by atoms with E-state index in [0.717, 1.165) is 16.7 Å². The summed E-state index contributed by atoms with van der Waals surface area (Å²) in [5.74, 6) is 0. The van der Waals surface area contributed by atoms with Crippen molar-refractivity contribution in [3.8, 4) is 6.07 Å². The van der Waals surface area contributed by atoms with Gasteiger partial charge in [0.2, 0.25) is 0 Å². The van der Waals surface area contributed by atoms with E-state index in [1.54, 1.807) is 6.20 Å². The third-order valence-corrected chi connectivity index (χ3v) is 3.94. The molecule has 0 aliphatic carbocycles. The second-order valence-corrected chi connectivity index (χ2v) is 5.97. The zero-order valence-electron chi connectivity index (χ0n) is 12.2. The fraction of sp³-hybridized carbons (Fsp3) is 0.571. The molecule has 0 N–H and O–H groups in total. The van der Waals surface area contributed by atoms with E-state index in [4.69, 9.17) is 14.6 Å². The van der Waals surface area contributed by atoms with Gasteiger partial charge in [-0.3, -0.25) is 4.98 Å². The summed E-state index contributed by atoms with van der Waals surface area (Å²) in [5.41, 5.74) is 1.97. The number of hydrogen-bond acceptors (Lipinski definition) is 4. The van der Waals surface area contributed by atoms with Crippen molar-refractivity contribution in [2.24, 2.45) is 0 Å². The van der Waals surface area contributed by atoms with E-state index in [9.17, 15) is 0 Å². The van der Waals surface area contributed by atoms with E-state index in [0.29, 0.717) is 6.42 Å². The first-order valence-corrected chi connectivity index (χ1v) is 6.45. The molecule has 4 nitrogen and oxygen atoms in total. The molecule has 1 aromatic heterocycles. The summed E-state index contributed by atoms with van der Waals surface area (Å²) in [6.45, 7) is 10.0. The van der Waals surface area contributed by atoms with Gasteiger partial charge >= 0.3 is 7.12 Å². The molecule has 0 aromatic carbocycles. The lowest BCUT2D eigenvalue weighted by Crippen LogP contribution is -2.41. The second kappa shape index (κ2) is 4.62.